The van der Waals surface area contributed by atoms with Crippen LogP contribution in [0.5, 0.6) is 0 Å². The van der Waals surface area contributed by atoms with Gasteiger partial charge in [-0.3, -0.25) is 0 Å². The zero-order valence-corrected chi connectivity index (χ0v) is 12.8. The van der Waals surface area contributed by atoms with Crippen LogP contribution in [-0.2, 0) is 0 Å². The van der Waals surface area contributed by atoms with Crippen molar-refractivity contribution in [3.63, 3.8) is 0 Å². The fraction of sp³-hybridized carbons (Fsp3) is 0.294. The Labute approximate surface area is 130 Å². The Morgan fingerprint density at radius 3 is 2.38 bits per heavy atom. The van der Waals surface area contributed by atoms with Gasteiger partial charge in [0.25, 0.3) is 0 Å². The molecule has 0 N–H and O–H groups in total. The smallest absolute Gasteiger partial charge is 0.247 e. The Morgan fingerprint density at radius 2 is 1.76 bits per heavy atom. The molecule has 0 aliphatic carbocycles. The lowest BCUT2D eigenvalue weighted by atomic mass is 9.76. The van der Waals surface area contributed by atoms with E-state index in [0.717, 1.165) is 26.2 Å². The first kappa shape index (κ1) is 15.9. The maximum Gasteiger partial charge on any atom is 0.247 e. The van der Waals surface area contributed by atoms with Crippen molar-refractivity contribution in [2.24, 2.45) is 0 Å². The van der Waals surface area contributed by atoms with Crippen molar-refractivity contribution >= 4 is 20.3 Å². The molecule has 1 aliphatic heterocycles. The Kier molecular flexibility index (Phi) is 6.58. The predicted molar refractivity (Wildman–Crippen MR) is 93.8 cm³/mol. The number of rotatable bonds is 6. The van der Waals surface area contributed by atoms with Crippen LogP contribution in [0.1, 0.15) is 6.92 Å². The quantitative estimate of drug-likeness (QED) is 0.577. The second-order valence-electron chi connectivity index (χ2n) is 5.12. The number of allylic oxidation sites excluding steroid dienone is 5. The summed E-state index contributed by atoms with van der Waals surface area (Å²) < 4.78 is 0. The molecule has 1 fully saturated rings. The maximum absolute atomic E-state index is 3.71. The average molecular weight is 276 g/mol. The zero-order chi connectivity index (χ0) is 14.9. The number of hydrogen-bond acceptors (Lipinski definition) is 2. The van der Waals surface area contributed by atoms with Gasteiger partial charge in [0.05, 0.1) is 0 Å². The van der Waals surface area contributed by atoms with E-state index in [0.29, 0.717) is 0 Å². The summed E-state index contributed by atoms with van der Waals surface area (Å²) in [5, 5.41) is 0. The van der Waals surface area contributed by atoms with Gasteiger partial charge in [-0.25, -0.2) is 0 Å². The first-order valence-electron chi connectivity index (χ1n) is 7.50. The van der Waals surface area contributed by atoms with Crippen LogP contribution in [0.3, 0.4) is 0 Å². The summed E-state index contributed by atoms with van der Waals surface area (Å²) in [4.78, 5) is 4.78. The van der Waals surface area contributed by atoms with Gasteiger partial charge in [0.2, 0.25) is 14.8 Å². The molecule has 1 heterocycles. The van der Waals surface area contributed by atoms with E-state index in [1.807, 2.05) is 12.2 Å². The lowest BCUT2D eigenvalue weighted by molar-refractivity contribution is 0.284. The summed E-state index contributed by atoms with van der Waals surface area (Å²) in [7, 11) is 4.49. The summed E-state index contributed by atoms with van der Waals surface area (Å²) in [6.07, 6.45) is 8.01. The van der Waals surface area contributed by atoms with Crippen LogP contribution in [0.25, 0.3) is 0 Å². The third-order valence-electron chi connectivity index (χ3n) is 3.57. The molecular weight excluding hydrogens is 254 g/mol. The lowest BCUT2D eigenvalue weighted by Crippen LogP contribution is -2.51. The summed E-state index contributed by atoms with van der Waals surface area (Å²) >= 11 is 0. The summed E-state index contributed by atoms with van der Waals surface area (Å²) in [5.74, 6) is 0. The highest BCUT2D eigenvalue weighted by atomic mass is 15.2. The Morgan fingerprint density at radius 1 is 1.10 bits per heavy atom. The van der Waals surface area contributed by atoms with Gasteiger partial charge in [-0.2, -0.15) is 0 Å². The zero-order valence-electron chi connectivity index (χ0n) is 12.8. The molecule has 0 saturated carbocycles. The van der Waals surface area contributed by atoms with E-state index >= 15 is 0 Å². The number of benzene rings is 1. The van der Waals surface area contributed by atoms with Crippen LogP contribution in [-0.4, -0.2) is 50.6 Å². The number of piperazine rings is 1. The van der Waals surface area contributed by atoms with Gasteiger partial charge in [-0.05, 0) is 33.1 Å². The standard InChI is InChI=1S/C17H22B2N2/c1-3-5-9-16(4-2)18-20-12-14-21(15-13-20)19-17-10-7-6-8-11-17/h3-11H,1,12-15H2,2H3/b9-5-,16-4+. The molecule has 4 heteroatoms. The molecule has 2 rings (SSSR count). The second-order valence-corrected chi connectivity index (χ2v) is 5.12. The van der Waals surface area contributed by atoms with Gasteiger partial charge in [0, 0.05) is 0 Å². The van der Waals surface area contributed by atoms with Crippen molar-refractivity contribution in [3.05, 3.63) is 66.7 Å². The van der Waals surface area contributed by atoms with Gasteiger partial charge in [0.15, 0.2) is 0 Å². The molecule has 21 heavy (non-hydrogen) atoms. The molecule has 0 bridgehead atoms. The molecule has 2 radical (unpaired) electrons. The summed E-state index contributed by atoms with van der Waals surface area (Å²) in [5.41, 5.74) is 2.51. The van der Waals surface area contributed by atoms with Gasteiger partial charge in [-0.15, -0.1) is 0 Å². The van der Waals surface area contributed by atoms with E-state index in [1.54, 1.807) is 0 Å². The lowest BCUT2D eigenvalue weighted by Gasteiger charge is -2.34. The van der Waals surface area contributed by atoms with Crippen molar-refractivity contribution < 1.29 is 0 Å². The van der Waals surface area contributed by atoms with Gasteiger partial charge in [0.1, 0.15) is 0 Å². The molecule has 0 aromatic heterocycles. The first-order chi connectivity index (χ1) is 10.3. The minimum atomic E-state index is 1.06. The molecule has 0 amide bonds. The van der Waals surface area contributed by atoms with E-state index in [-0.39, 0.29) is 0 Å². The minimum Gasteiger partial charge on any atom is -0.340 e. The molecule has 0 spiro atoms. The van der Waals surface area contributed by atoms with Crippen molar-refractivity contribution in [1.29, 1.82) is 0 Å². The highest BCUT2D eigenvalue weighted by Gasteiger charge is 2.18. The van der Waals surface area contributed by atoms with Crippen LogP contribution in [0.2, 0.25) is 0 Å². The van der Waals surface area contributed by atoms with Crippen molar-refractivity contribution in [2.45, 2.75) is 6.92 Å². The predicted octanol–water partition coefficient (Wildman–Crippen LogP) is 1.81. The van der Waals surface area contributed by atoms with Crippen molar-refractivity contribution in [2.75, 3.05) is 26.2 Å². The van der Waals surface area contributed by atoms with Crippen LogP contribution in [0.4, 0.5) is 0 Å². The molecule has 1 aromatic rings. The Hall–Kier alpha value is -1.51. The van der Waals surface area contributed by atoms with Crippen molar-refractivity contribution in [3.8, 4) is 0 Å². The third-order valence-corrected chi connectivity index (χ3v) is 3.57. The largest absolute Gasteiger partial charge is 0.340 e. The van der Waals surface area contributed by atoms with E-state index in [1.165, 1.54) is 10.9 Å². The number of hydrogen-bond donors (Lipinski definition) is 0. The molecule has 1 aromatic carbocycles. The Balaban J connectivity index is 1.78. The van der Waals surface area contributed by atoms with E-state index in [9.17, 15) is 0 Å². The highest BCUT2D eigenvalue weighted by Crippen LogP contribution is 2.04. The van der Waals surface area contributed by atoms with E-state index in [4.69, 9.17) is 0 Å². The molecule has 2 nitrogen and oxygen atoms in total. The molecule has 0 atom stereocenters. The molecule has 1 aliphatic rings. The molecule has 106 valence electrons. The highest BCUT2D eigenvalue weighted by molar-refractivity contribution is 6.50. The van der Waals surface area contributed by atoms with Crippen LogP contribution < -0.4 is 5.46 Å². The van der Waals surface area contributed by atoms with E-state index in [2.05, 4.69) is 80.4 Å². The third kappa shape index (κ3) is 5.41. The van der Waals surface area contributed by atoms with Crippen molar-refractivity contribution in [1.82, 2.24) is 9.62 Å². The summed E-state index contributed by atoms with van der Waals surface area (Å²) in [6, 6.07) is 10.5. The van der Waals surface area contributed by atoms with Crippen LogP contribution in [0, 0.1) is 0 Å². The maximum atomic E-state index is 3.71. The number of nitrogens with zero attached hydrogens (tertiary/aromatic N) is 2. The summed E-state index contributed by atoms with van der Waals surface area (Å²) in [6.45, 7) is 10.0. The fourth-order valence-corrected chi connectivity index (χ4v) is 2.35. The fourth-order valence-electron chi connectivity index (χ4n) is 2.35. The normalized spacial score (nSPS) is 17.9. The van der Waals surface area contributed by atoms with Gasteiger partial charge < -0.3 is 9.62 Å². The van der Waals surface area contributed by atoms with Crippen LogP contribution in [0.15, 0.2) is 66.7 Å². The first-order valence-corrected chi connectivity index (χ1v) is 7.50. The molecule has 1 saturated heterocycles. The second kappa shape index (κ2) is 8.71. The minimum absolute atomic E-state index is 1.06. The Bertz CT molecular complexity index is 489. The van der Waals surface area contributed by atoms with E-state index < -0.39 is 0 Å². The topological polar surface area (TPSA) is 6.48 Å². The molecular formula is C17H22B2N2. The van der Waals surface area contributed by atoms with Crippen LogP contribution >= 0.6 is 0 Å². The van der Waals surface area contributed by atoms with Gasteiger partial charge >= 0.3 is 0 Å². The monoisotopic (exact) mass is 276 g/mol. The SMILES string of the molecule is C=C/C=C\C([B]N1CCN([B]c2ccccc2)CC1)=C/C. The average Bonchev–Trinajstić information content (AvgIpc) is 2.54. The van der Waals surface area contributed by atoms with Gasteiger partial charge in [-0.1, -0.05) is 72.2 Å². The molecule has 0 unspecified atom stereocenters.